The van der Waals surface area contributed by atoms with Crippen LogP contribution < -0.4 is 21.1 Å². The number of urea groups is 1. The molecule has 2 amide bonds. The zero-order valence-corrected chi connectivity index (χ0v) is 14.9. The summed E-state index contributed by atoms with van der Waals surface area (Å²) in [5, 5.41) is 6.17. The highest BCUT2D eigenvalue weighted by molar-refractivity contribution is 6.42. The van der Waals surface area contributed by atoms with Crippen molar-refractivity contribution in [3.8, 4) is 11.5 Å². The zero-order chi connectivity index (χ0) is 18.5. The Morgan fingerprint density at radius 3 is 2.38 bits per heavy atom. The molecule has 0 bridgehead atoms. The quantitative estimate of drug-likeness (QED) is 0.557. The molecule has 8 heteroatoms. The Bertz CT molecular complexity index is 933. The van der Waals surface area contributed by atoms with Crippen LogP contribution in [0.15, 0.2) is 60.8 Å². The van der Waals surface area contributed by atoms with E-state index in [0.29, 0.717) is 38.7 Å². The lowest BCUT2D eigenvalue weighted by atomic mass is 10.3. The summed E-state index contributed by atoms with van der Waals surface area (Å²) in [6.45, 7) is 0. The van der Waals surface area contributed by atoms with Crippen LogP contribution >= 0.6 is 23.2 Å². The van der Waals surface area contributed by atoms with Gasteiger partial charge in [0.25, 0.3) is 0 Å². The van der Waals surface area contributed by atoms with Crippen molar-refractivity contribution in [2.24, 2.45) is 0 Å². The number of benzene rings is 2. The zero-order valence-electron chi connectivity index (χ0n) is 13.4. The number of halogens is 2. The number of hydrogen-bond donors (Lipinski definition) is 3. The second-order valence-electron chi connectivity index (χ2n) is 5.26. The van der Waals surface area contributed by atoms with Gasteiger partial charge in [-0.25, -0.2) is 9.78 Å². The monoisotopic (exact) mass is 388 g/mol. The highest BCUT2D eigenvalue weighted by Crippen LogP contribution is 2.26. The summed E-state index contributed by atoms with van der Waals surface area (Å²) >= 11 is 11.8. The first kappa shape index (κ1) is 17.8. The Morgan fingerprint density at radius 2 is 1.69 bits per heavy atom. The van der Waals surface area contributed by atoms with Crippen molar-refractivity contribution in [3.05, 3.63) is 70.8 Å². The van der Waals surface area contributed by atoms with E-state index in [1.807, 2.05) is 0 Å². The van der Waals surface area contributed by atoms with Crippen LogP contribution in [0, 0.1) is 0 Å². The topological polar surface area (TPSA) is 89.3 Å². The molecule has 4 N–H and O–H groups in total. The number of rotatable bonds is 4. The van der Waals surface area contributed by atoms with Gasteiger partial charge in [-0.15, -0.1) is 0 Å². The van der Waals surface area contributed by atoms with Crippen molar-refractivity contribution in [2.45, 2.75) is 0 Å². The molecule has 0 aliphatic rings. The van der Waals surface area contributed by atoms with Crippen LogP contribution in [0.1, 0.15) is 0 Å². The maximum Gasteiger partial charge on any atom is 0.323 e. The van der Waals surface area contributed by atoms with Gasteiger partial charge in [0.15, 0.2) is 0 Å². The van der Waals surface area contributed by atoms with Crippen LogP contribution in [0.3, 0.4) is 0 Å². The van der Waals surface area contributed by atoms with E-state index in [2.05, 4.69) is 15.6 Å². The number of ether oxygens (including phenoxy) is 1. The first-order valence-electron chi connectivity index (χ1n) is 7.52. The maximum atomic E-state index is 12.1. The number of pyridine rings is 1. The van der Waals surface area contributed by atoms with Crippen molar-refractivity contribution in [1.82, 2.24) is 4.98 Å². The molecule has 0 spiro atoms. The summed E-state index contributed by atoms with van der Waals surface area (Å²) in [7, 11) is 0. The molecule has 26 heavy (non-hydrogen) atoms. The molecule has 1 heterocycles. The number of nitrogens with two attached hydrogens (primary N) is 1. The van der Waals surface area contributed by atoms with E-state index in [1.165, 1.54) is 6.20 Å². The number of carbonyl (C=O) groups excluding carboxylic acids is 1. The Hall–Kier alpha value is -2.96. The third kappa shape index (κ3) is 4.78. The second-order valence-corrected chi connectivity index (χ2v) is 6.07. The minimum atomic E-state index is -0.422. The fourth-order valence-electron chi connectivity index (χ4n) is 2.09. The van der Waals surface area contributed by atoms with Gasteiger partial charge in [0.2, 0.25) is 0 Å². The molecule has 3 rings (SSSR count). The molecule has 0 saturated carbocycles. The molecule has 2 aromatic carbocycles. The van der Waals surface area contributed by atoms with E-state index in [9.17, 15) is 4.79 Å². The summed E-state index contributed by atoms with van der Waals surface area (Å²) < 4.78 is 5.68. The highest BCUT2D eigenvalue weighted by atomic mass is 35.5. The molecule has 0 atom stereocenters. The normalized spacial score (nSPS) is 10.2. The van der Waals surface area contributed by atoms with E-state index in [0.717, 1.165) is 0 Å². The Morgan fingerprint density at radius 1 is 0.923 bits per heavy atom. The second kappa shape index (κ2) is 7.95. The Balaban J connectivity index is 1.65. The van der Waals surface area contributed by atoms with E-state index < -0.39 is 6.03 Å². The standard InChI is InChI=1S/C18H14Cl2N4O2/c19-15-6-4-12(9-16(15)20)24-18(25)23-11-2-1-3-13(8-11)26-14-5-7-17(21)22-10-14/h1-10H,(H2,21,22)(H2,23,24,25). The van der Waals surface area contributed by atoms with Gasteiger partial charge in [0.05, 0.1) is 16.2 Å². The van der Waals surface area contributed by atoms with E-state index in [1.54, 1.807) is 54.6 Å². The lowest BCUT2D eigenvalue weighted by molar-refractivity contribution is 0.262. The molecule has 0 aliphatic heterocycles. The highest BCUT2D eigenvalue weighted by Gasteiger charge is 2.06. The predicted octanol–water partition coefficient (Wildman–Crippen LogP) is 5.41. The molecule has 3 aromatic rings. The van der Waals surface area contributed by atoms with Gasteiger partial charge in [0, 0.05) is 17.4 Å². The first-order valence-corrected chi connectivity index (χ1v) is 8.28. The molecule has 0 saturated heterocycles. The summed E-state index contributed by atoms with van der Waals surface area (Å²) in [6, 6.07) is 14.7. The van der Waals surface area contributed by atoms with Gasteiger partial charge < -0.3 is 21.1 Å². The smallest absolute Gasteiger partial charge is 0.323 e. The number of nitrogens with one attached hydrogen (secondary N) is 2. The Kier molecular flexibility index (Phi) is 5.46. The van der Waals surface area contributed by atoms with Crippen molar-refractivity contribution in [1.29, 1.82) is 0 Å². The SMILES string of the molecule is Nc1ccc(Oc2cccc(NC(=O)Nc3ccc(Cl)c(Cl)c3)c2)cn1. The number of aromatic nitrogens is 1. The molecule has 0 unspecified atom stereocenters. The average Bonchev–Trinajstić information content (AvgIpc) is 2.60. The average molecular weight is 389 g/mol. The van der Waals surface area contributed by atoms with Crippen LogP contribution in [-0.4, -0.2) is 11.0 Å². The molecule has 132 valence electrons. The third-order valence-corrected chi connectivity index (χ3v) is 4.00. The van der Waals surface area contributed by atoms with Gasteiger partial charge in [-0.1, -0.05) is 29.3 Å². The van der Waals surface area contributed by atoms with Gasteiger partial charge in [-0.3, -0.25) is 0 Å². The number of amides is 2. The number of carbonyl (C=O) groups is 1. The van der Waals surface area contributed by atoms with Crippen LogP contribution in [0.2, 0.25) is 10.0 Å². The van der Waals surface area contributed by atoms with Gasteiger partial charge in [-0.05, 0) is 42.5 Å². The molecule has 1 aromatic heterocycles. The van der Waals surface area contributed by atoms with Crippen LogP contribution in [0.4, 0.5) is 22.0 Å². The molecular weight excluding hydrogens is 375 g/mol. The molecular formula is C18H14Cl2N4O2. The van der Waals surface area contributed by atoms with E-state index in [-0.39, 0.29) is 0 Å². The van der Waals surface area contributed by atoms with Crippen molar-refractivity contribution >= 4 is 46.4 Å². The largest absolute Gasteiger partial charge is 0.456 e. The number of anilines is 3. The van der Waals surface area contributed by atoms with Crippen molar-refractivity contribution < 1.29 is 9.53 Å². The number of hydrogen-bond acceptors (Lipinski definition) is 4. The minimum Gasteiger partial charge on any atom is -0.456 e. The fourth-order valence-corrected chi connectivity index (χ4v) is 2.39. The number of nitrogens with zero attached hydrogens (tertiary/aromatic N) is 1. The van der Waals surface area contributed by atoms with E-state index >= 15 is 0 Å². The first-order chi connectivity index (χ1) is 12.5. The summed E-state index contributed by atoms with van der Waals surface area (Å²) in [5.41, 5.74) is 6.63. The van der Waals surface area contributed by atoms with Crippen molar-refractivity contribution in [2.75, 3.05) is 16.4 Å². The molecule has 6 nitrogen and oxygen atoms in total. The number of nitrogen functional groups attached to an aromatic ring is 1. The van der Waals surface area contributed by atoms with Crippen molar-refractivity contribution in [3.63, 3.8) is 0 Å². The Labute approximate surface area is 159 Å². The fraction of sp³-hybridized carbons (Fsp3) is 0. The van der Waals surface area contributed by atoms with Crippen LogP contribution in [0.5, 0.6) is 11.5 Å². The van der Waals surface area contributed by atoms with Gasteiger partial charge in [-0.2, -0.15) is 0 Å². The van der Waals surface area contributed by atoms with E-state index in [4.69, 9.17) is 33.7 Å². The molecule has 0 radical (unpaired) electrons. The lowest BCUT2D eigenvalue weighted by Gasteiger charge is -2.10. The maximum absolute atomic E-state index is 12.1. The molecule has 0 fully saturated rings. The van der Waals surface area contributed by atoms with Crippen LogP contribution in [-0.2, 0) is 0 Å². The van der Waals surface area contributed by atoms with Crippen LogP contribution in [0.25, 0.3) is 0 Å². The predicted molar refractivity (Wildman–Crippen MR) is 104 cm³/mol. The summed E-state index contributed by atoms with van der Waals surface area (Å²) in [5.74, 6) is 1.49. The third-order valence-electron chi connectivity index (χ3n) is 3.26. The summed E-state index contributed by atoms with van der Waals surface area (Å²) in [4.78, 5) is 16.1. The van der Waals surface area contributed by atoms with Gasteiger partial charge >= 0.3 is 6.03 Å². The molecule has 0 aliphatic carbocycles. The van der Waals surface area contributed by atoms with Gasteiger partial charge in [0.1, 0.15) is 17.3 Å². The lowest BCUT2D eigenvalue weighted by Crippen LogP contribution is -2.19. The summed E-state index contributed by atoms with van der Waals surface area (Å²) in [6.07, 6.45) is 1.52. The minimum absolute atomic E-state index is 0.358.